The van der Waals surface area contributed by atoms with E-state index in [-0.39, 0.29) is 24.2 Å². The number of hydrogen-bond donors (Lipinski definition) is 0. The maximum Gasteiger partial charge on any atom is 0.238 e. The molecule has 3 rings (SSSR count). The third-order valence-electron chi connectivity index (χ3n) is 4.62. The lowest BCUT2D eigenvalue weighted by molar-refractivity contribution is -0.135. The molecule has 2 saturated heterocycles. The average molecular weight is 340 g/mol. The zero-order chi connectivity index (χ0) is 16.4. The topological polar surface area (TPSA) is 75.5 Å². The molecule has 2 aliphatic heterocycles. The van der Waals surface area contributed by atoms with E-state index in [4.69, 9.17) is 0 Å². The maximum atomic E-state index is 12.6. The van der Waals surface area contributed by atoms with Crippen LogP contribution < -0.4 is 0 Å². The summed E-state index contributed by atoms with van der Waals surface area (Å²) in [5.41, 5.74) is 1.10. The van der Waals surface area contributed by atoms with Crippen molar-refractivity contribution in [2.24, 2.45) is 0 Å². The summed E-state index contributed by atoms with van der Waals surface area (Å²) < 4.78 is 27.0. The minimum absolute atomic E-state index is 0.0169. The zero-order valence-electron chi connectivity index (χ0n) is 13.5. The second-order valence-electron chi connectivity index (χ2n) is 6.48. The van der Waals surface area contributed by atoms with Crippen LogP contribution in [-0.2, 0) is 21.4 Å². The van der Waals surface area contributed by atoms with Gasteiger partial charge in [-0.25, -0.2) is 8.42 Å². The Morgan fingerprint density at radius 1 is 1.30 bits per heavy atom. The number of likely N-dealkylation sites (tertiary alicyclic amines) is 1. The van der Waals surface area contributed by atoms with Gasteiger partial charge in [0.2, 0.25) is 15.9 Å². The minimum atomic E-state index is -3.23. The second kappa shape index (κ2) is 6.60. The molecule has 8 heteroatoms. The molecule has 7 nitrogen and oxygen atoms in total. The smallest absolute Gasteiger partial charge is 0.238 e. The molecule has 0 N–H and O–H groups in total. The van der Waals surface area contributed by atoms with Crippen LogP contribution in [0.3, 0.4) is 0 Å². The van der Waals surface area contributed by atoms with E-state index >= 15 is 0 Å². The lowest BCUT2D eigenvalue weighted by Crippen LogP contribution is -2.49. The molecule has 0 spiro atoms. The van der Waals surface area contributed by atoms with E-state index in [1.807, 2.05) is 28.9 Å². The number of carbonyl (C=O) groups is 1. The number of aromatic nitrogens is 2. The predicted molar refractivity (Wildman–Crippen MR) is 86.3 cm³/mol. The van der Waals surface area contributed by atoms with E-state index in [2.05, 4.69) is 5.10 Å². The van der Waals surface area contributed by atoms with E-state index < -0.39 is 10.0 Å². The van der Waals surface area contributed by atoms with Crippen molar-refractivity contribution in [3.8, 4) is 0 Å². The number of piperidine rings is 1. The normalized spacial score (nSPS) is 24.9. The molecule has 23 heavy (non-hydrogen) atoms. The van der Waals surface area contributed by atoms with Gasteiger partial charge in [0.25, 0.3) is 0 Å². The van der Waals surface area contributed by atoms with Crippen LogP contribution in [0, 0.1) is 6.92 Å². The molecule has 2 aliphatic rings. The Morgan fingerprint density at radius 3 is 2.78 bits per heavy atom. The third-order valence-corrected chi connectivity index (χ3v) is 6.53. The largest absolute Gasteiger partial charge is 0.337 e. The first kappa shape index (κ1) is 16.4. The van der Waals surface area contributed by atoms with E-state index in [9.17, 15) is 13.2 Å². The van der Waals surface area contributed by atoms with Crippen molar-refractivity contribution >= 4 is 15.9 Å². The highest BCUT2D eigenvalue weighted by molar-refractivity contribution is 7.89. The van der Waals surface area contributed by atoms with Gasteiger partial charge in [-0.1, -0.05) is 0 Å². The number of hydrogen-bond acceptors (Lipinski definition) is 4. The molecule has 1 atom stereocenters. The number of rotatable bonds is 4. The molecule has 0 aromatic carbocycles. The SMILES string of the molecule is Cc1cnn(C[C@H]2CCCCN2C(=O)CN2CCCS2(=O)=O)c1. The lowest BCUT2D eigenvalue weighted by Gasteiger charge is -2.36. The molecule has 0 saturated carbocycles. The summed E-state index contributed by atoms with van der Waals surface area (Å²) in [6.07, 6.45) is 7.42. The molecule has 1 aromatic heterocycles. The van der Waals surface area contributed by atoms with Crippen LogP contribution in [-0.4, -0.2) is 64.7 Å². The van der Waals surface area contributed by atoms with E-state index in [0.29, 0.717) is 26.1 Å². The Balaban J connectivity index is 1.66. The highest BCUT2D eigenvalue weighted by Gasteiger charge is 2.34. The number of amides is 1. The van der Waals surface area contributed by atoms with E-state index in [1.165, 1.54) is 4.31 Å². The summed E-state index contributed by atoms with van der Waals surface area (Å²) in [6, 6.07) is 0.0980. The van der Waals surface area contributed by atoms with Gasteiger partial charge in [-0.2, -0.15) is 9.40 Å². The van der Waals surface area contributed by atoms with Gasteiger partial charge in [-0.15, -0.1) is 0 Å². The van der Waals surface area contributed by atoms with E-state index in [1.54, 1.807) is 0 Å². The second-order valence-corrected chi connectivity index (χ2v) is 8.57. The predicted octanol–water partition coefficient (Wildman–Crippen LogP) is 0.608. The fourth-order valence-corrected chi connectivity index (χ4v) is 4.88. The summed E-state index contributed by atoms with van der Waals surface area (Å²) in [5.74, 6) is 0.0834. The van der Waals surface area contributed by atoms with Crippen molar-refractivity contribution in [3.63, 3.8) is 0 Å². The molecule has 1 aromatic rings. The van der Waals surface area contributed by atoms with Crippen molar-refractivity contribution in [3.05, 3.63) is 18.0 Å². The minimum Gasteiger partial charge on any atom is -0.337 e. The summed E-state index contributed by atoms with van der Waals surface area (Å²) in [5, 5.41) is 4.30. The summed E-state index contributed by atoms with van der Waals surface area (Å²) >= 11 is 0. The molecular formula is C15H24N4O3S. The van der Waals surface area contributed by atoms with Crippen molar-refractivity contribution in [2.75, 3.05) is 25.4 Å². The van der Waals surface area contributed by atoms with Crippen molar-refractivity contribution < 1.29 is 13.2 Å². The highest BCUT2D eigenvalue weighted by Crippen LogP contribution is 2.20. The van der Waals surface area contributed by atoms with Crippen LogP contribution in [0.2, 0.25) is 0 Å². The monoisotopic (exact) mass is 340 g/mol. The fourth-order valence-electron chi connectivity index (χ4n) is 3.41. The summed E-state index contributed by atoms with van der Waals surface area (Å²) in [7, 11) is -3.23. The first-order chi connectivity index (χ1) is 11.0. The van der Waals surface area contributed by atoms with Crippen LogP contribution in [0.25, 0.3) is 0 Å². The Labute approximate surface area is 137 Å². The highest BCUT2D eigenvalue weighted by atomic mass is 32.2. The molecule has 0 radical (unpaired) electrons. The molecule has 0 bridgehead atoms. The number of aryl methyl sites for hydroxylation is 1. The van der Waals surface area contributed by atoms with Crippen molar-refractivity contribution in [1.82, 2.24) is 19.0 Å². The molecule has 3 heterocycles. The van der Waals surface area contributed by atoms with Gasteiger partial charge in [0.1, 0.15) is 0 Å². The molecular weight excluding hydrogens is 316 g/mol. The van der Waals surface area contributed by atoms with Crippen LogP contribution in [0.4, 0.5) is 0 Å². The van der Waals surface area contributed by atoms with Gasteiger partial charge >= 0.3 is 0 Å². The zero-order valence-corrected chi connectivity index (χ0v) is 14.3. The van der Waals surface area contributed by atoms with Crippen LogP contribution in [0.5, 0.6) is 0 Å². The molecule has 128 valence electrons. The Kier molecular flexibility index (Phi) is 4.72. The third kappa shape index (κ3) is 3.74. The quantitative estimate of drug-likeness (QED) is 0.805. The Hall–Kier alpha value is -1.41. The van der Waals surface area contributed by atoms with E-state index in [0.717, 1.165) is 24.8 Å². The molecule has 0 unspecified atom stereocenters. The summed E-state index contributed by atoms with van der Waals surface area (Å²) in [6.45, 7) is 3.82. The average Bonchev–Trinajstić information content (AvgIpc) is 3.05. The first-order valence-electron chi connectivity index (χ1n) is 8.22. The van der Waals surface area contributed by atoms with Crippen LogP contribution >= 0.6 is 0 Å². The molecule has 1 amide bonds. The standard InChI is InChI=1S/C15H24N4O3S/c1-13-9-16-17(10-13)11-14-5-2-3-7-19(14)15(20)12-18-6-4-8-23(18,21)22/h9-10,14H,2-8,11-12H2,1H3/t14-/m1/s1. The molecule has 0 aliphatic carbocycles. The van der Waals surface area contributed by atoms with Crippen LogP contribution in [0.1, 0.15) is 31.2 Å². The van der Waals surface area contributed by atoms with Gasteiger partial charge in [-0.3, -0.25) is 9.48 Å². The van der Waals surface area contributed by atoms with Gasteiger partial charge in [0.05, 0.1) is 31.1 Å². The lowest BCUT2D eigenvalue weighted by atomic mass is 10.0. The van der Waals surface area contributed by atoms with Gasteiger partial charge in [0, 0.05) is 19.3 Å². The van der Waals surface area contributed by atoms with Gasteiger partial charge in [0.15, 0.2) is 0 Å². The van der Waals surface area contributed by atoms with Crippen molar-refractivity contribution in [2.45, 2.75) is 45.2 Å². The Bertz CT molecular complexity index is 670. The first-order valence-corrected chi connectivity index (χ1v) is 9.83. The van der Waals surface area contributed by atoms with Gasteiger partial charge < -0.3 is 4.90 Å². The number of carbonyl (C=O) groups excluding carboxylic acids is 1. The van der Waals surface area contributed by atoms with Crippen molar-refractivity contribution in [1.29, 1.82) is 0 Å². The number of sulfonamides is 1. The Morgan fingerprint density at radius 2 is 2.13 bits per heavy atom. The van der Waals surface area contributed by atoms with Gasteiger partial charge in [-0.05, 0) is 38.2 Å². The fraction of sp³-hybridized carbons (Fsp3) is 0.733. The summed E-state index contributed by atoms with van der Waals surface area (Å²) in [4.78, 5) is 14.5. The molecule has 2 fully saturated rings. The van der Waals surface area contributed by atoms with Crippen LogP contribution in [0.15, 0.2) is 12.4 Å². The maximum absolute atomic E-state index is 12.6. The number of nitrogens with zero attached hydrogens (tertiary/aromatic N) is 4.